The fraction of sp³-hybridized carbons (Fsp3) is 0.286. The van der Waals surface area contributed by atoms with Crippen LogP contribution in [0.4, 0.5) is 5.69 Å². The lowest BCUT2D eigenvalue weighted by molar-refractivity contribution is 0.0774. The van der Waals surface area contributed by atoms with E-state index < -0.39 is 0 Å². The molecule has 4 aromatic carbocycles. The standard InChI is InChI=1S/C42H42N4O4/c1-48-39-23-33-38(43-25-29-11-10-20-46(29)42(33)47)24-40(39)50-22-9-3-2-8-21-49-30-18-16-28(17-19-30)41(34-26-44-36-14-6-4-12-31(34)36)35-27-45-37-15-7-5-13-32(35)37/h4-7,12-19,23-27,29,41,44-45H,2-3,8-11,20-22H2,1H3/t29-/m0/s1. The van der Waals surface area contributed by atoms with Gasteiger partial charge in [-0.3, -0.25) is 9.79 Å². The molecular formula is C42H42N4O4. The summed E-state index contributed by atoms with van der Waals surface area (Å²) in [6, 6.07) is 29.3. The Morgan fingerprint density at radius 2 is 1.46 bits per heavy atom. The van der Waals surface area contributed by atoms with Gasteiger partial charge in [-0.1, -0.05) is 48.5 Å². The van der Waals surface area contributed by atoms with Crippen LogP contribution in [0, 0.1) is 0 Å². The number of carbonyl (C=O) groups excluding carboxylic acids is 1. The van der Waals surface area contributed by atoms with E-state index >= 15 is 0 Å². The zero-order valence-corrected chi connectivity index (χ0v) is 28.4. The van der Waals surface area contributed by atoms with Crippen molar-refractivity contribution in [3.05, 3.63) is 120 Å². The van der Waals surface area contributed by atoms with E-state index in [1.807, 2.05) is 17.2 Å². The molecule has 1 amide bonds. The first kappa shape index (κ1) is 31.7. The van der Waals surface area contributed by atoms with E-state index in [0.717, 1.165) is 61.9 Å². The van der Waals surface area contributed by atoms with Crippen LogP contribution in [0.1, 0.15) is 71.5 Å². The molecule has 1 fully saturated rings. The van der Waals surface area contributed by atoms with Gasteiger partial charge in [-0.15, -0.1) is 0 Å². The Labute approximate surface area is 292 Å². The Hall–Kier alpha value is -5.50. The molecule has 0 saturated carbocycles. The minimum atomic E-state index is 0.0167. The highest BCUT2D eigenvalue weighted by Gasteiger charge is 2.32. The van der Waals surface area contributed by atoms with Gasteiger partial charge in [0.05, 0.1) is 37.6 Å². The third-order valence-corrected chi connectivity index (χ3v) is 10.1. The van der Waals surface area contributed by atoms with E-state index in [0.29, 0.717) is 36.0 Å². The second-order valence-electron chi connectivity index (χ2n) is 13.2. The summed E-state index contributed by atoms with van der Waals surface area (Å²) in [5, 5.41) is 2.47. The largest absolute Gasteiger partial charge is 0.494 e. The number of hydrogen-bond acceptors (Lipinski definition) is 5. The Morgan fingerprint density at radius 1 is 0.800 bits per heavy atom. The first-order valence-electron chi connectivity index (χ1n) is 17.7. The lowest BCUT2D eigenvalue weighted by Gasteiger charge is -2.20. The maximum atomic E-state index is 13.1. The monoisotopic (exact) mass is 666 g/mol. The van der Waals surface area contributed by atoms with Gasteiger partial charge in [0.1, 0.15) is 5.75 Å². The average molecular weight is 667 g/mol. The number of para-hydroxylation sites is 2. The third-order valence-electron chi connectivity index (χ3n) is 10.1. The maximum absolute atomic E-state index is 13.1. The summed E-state index contributed by atoms with van der Waals surface area (Å²) in [6.45, 7) is 2.00. The zero-order chi connectivity index (χ0) is 33.9. The van der Waals surface area contributed by atoms with Crippen LogP contribution in [0.15, 0.2) is 102 Å². The first-order chi connectivity index (χ1) is 24.7. The fourth-order valence-electron chi connectivity index (χ4n) is 7.50. The molecule has 0 bridgehead atoms. The number of nitrogens with zero attached hydrogens (tertiary/aromatic N) is 2. The van der Waals surface area contributed by atoms with Gasteiger partial charge in [0.15, 0.2) is 11.5 Å². The Balaban J connectivity index is 0.848. The molecule has 50 heavy (non-hydrogen) atoms. The van der Waals surface area contributed by atoms with E-state index in [2.05, 4.69) is 100 Å². The normalized spacial score (nSPS) is 15.4. The van der Waals surface area contributed by atoms with E-state index in [-0.39, 0.29) is 17.9 Å². The van der Waals surface area contributed by atoms with Crippen LogP contribution in [-0.4, -0.2) is 59.9 Å². The molecule has 254 valence electrons. The van der Waals surface area contributed by atoms with Crippen molar-refractivity contribution in [2.75, 3.05) is 26.9 Å². The lowest BCUT2D eigenvalue weighted by atomic mass is 9.85. The number of fused-ring (bicyclic) bond motifs is 4. The highest BCUT2D eigenvalue weighted by Crippen LogP contribution is 2.40. The Kier molecular flexibility index (Phi) is 8.99. The number of unbranched alkanes of at least 4 members (excludes halogenated alkanes) is 3. The fourth-order valence-corrected chi connectivity index (χ4v) is 7.50. The highest BCUT2D eigenvalue weighted by molar-refractivity contribution is 6.03. The number of rotatable bonds is 13. The molecule has 2 aromatic heterocycles. The second kappa shape index (κ2) is 14.2. The molecule has 8 heteroatoms. The molecule has 0 aliphatic carbocycles. The van der Waals surface area contributed by atoms with Crippen molar-refractivity contribution < 1.29 is 19.0 Å². The van der Waals surface area contributed by atoms with E-state index in [1.54, 1.807) is 13.2 Å². The molecule has 1 saturated heterocycles. The van der Waals surface area contributed by atoms with Crippen LogP contribution in [-0.2, 0) is 0 Å². The van der Waals surface area contributed by atoms with Gasteiger partial charge in [-0.2, -0.15) is 0 Å². The van der Waals surface area contributed by atoms with Gasteiger partial charge < -0.3 is 29.1 Å². The number of nitrogens with one attached hydrogen (secondary N) is 2. The summed E-state index contributed by atoms with van der Waals surface area (Å²) in [5.74, 6) is 2.16. The number of carbonyl (C=O) groups is 1. The summed E-state index contributed by atoms with van der Waals surface area (Å²) in [5.41, 5.74) is 7.24. The van der Waals surface area contributed by atoms with Crippen LogP contribution in [0.25, 0.3) is 21.8 Å². The molecule has 2 aliphatic heterocycles. The third kappa shape index (κ3) is 6.22. The molecular weight excluding hydrogens is 624 g/mol. The van der Waals surface area contributed by atoms with E-state index in [1.165, 1.54) is 27.5 Å². The number of aromatic nitrogens is 2. The minimum absolute atomic E-state index is 0.0167. The number of benzene rings is 4. The molecule has 6 aromatic rings. The van der Waals surface area contributed by atoms with Crippen LogP contribution >= 0.6 is 0 Å². The molecule has 0 radical (unpaired) electrons. The smallest absolute Gasteiger partial charge is 0.256 e. The molecule has 8 rings (SSSR count). The highest BCUT2D eigenvalue weighted by atomic mass is 16.5. The summed E-state index contributed by atoms with van der Waals surface area (Å²) in [4.78, 5) is 26.6. The van der Waals surface area contributed by atoms with Crippen LogP contribution in [0.5, 0.6) is 17.2 Å². The van der Waals surface area contributed by atoms with E-state index in [4.69, 9.17) is 14.2 Å². The number of ether oxygens (including phenoxy) is 3. The van der Waals surface area contributed by atoms with Crippen LogP contribution < -0.4 is 14.2 Å². The summed E-state index contributed by atoms with van der Waals surface area (Å²) < 4.78 is 17.9. The van der Waals surface area contributed by atoms with Gasteiger partial charge >= 0.3 is 0 Å². The molecule has 0 unspecified atom stereocenters. The SMILES string of the molecule is COc1cc2c(cc1OCCCCCCOc1ccc(C(c3c[nH]c4ccccc34)c3c[nH]c4ccccc34)cc1)N=C[C@@H]1CCCN1C2=O. The van der Waals surface area contributed by atoms with Crippen molar-refractivity contribution in [1.82, 2.24) is 14.9 Å². The van der Waals surface area contributed by atoms with Gasteiger partial charge in [0.2, 0.25) is 0 Å². The maximum Gasteiger partial charge on any atom is 0.256 e. The average Bonchev–Trinajstić information content (AvgIpc) is 3.90. The van der Waals surface area contributed by atoms with Crippen molar-refractivity contribution in [2.24, 2.45) is 4.99 Å². The molecule has 1 atom stereocenters. The number of amides is 1. The summed E-state index contributed by atoms with van der Waals surface area (Å²) in [7, 11) is 1.61. The van der Waals surface area contributed by atoms with Gasteiger partial charge in [-0.25, -0.2) is 0 Å². The van der Waals surface area contributed by atoms with Crippen molar-refractivity contribution in [3.63, 3.8) is 0 Å². The molecule has 0 spiro atoms. The zero-order valence-electron chi connectivity index (χ0n) is 28.4. The number of aliphatic imine (C=N–C) groups is 1. The molecule has 4 heterocycles. The van der Waals surface area contributed by atoms with Gasteiger partial charge in [-0.05, 0) is 85.5 Å². The Morgan fingerprint density at radius 3 is 2.14 bits per heavy atom. The summed E-state index contributed by atoms with van der Waals surface area (Å²) in [6.07, 6.45) is 12.1. The first-order valence-corrected chi connectivity index (χ1v) is 17.7. The van der Waals surface area contributed by atoms with Crippen molar-refractivity contribution >= 4 is 39.6 Å². The number of aromatic amines is 2. The lowest BCUT2D eigenvalue weighted by Crippen LogP contribution is -2.35. The van der Waals surface area contributed by atoms with Crippen molar-refractivity contribution in [3.8, 4) is 17.2 Å². The molecule has 2 N–H and O–H groups in total. The quantitative estimate of drug-likeness (QED) is 0.120. The second-order valence-corrected chi connectivity index (χ2v) is 13.2. The van der Waals surface area contributed by atoms with Gasteiger partial charge in [0, 0.05) is 58.9 Å². The molecule has 8 nitrogen and oxygen atoms in total. The van der Waals surface area contributed by atoms with Crippen LogP contribution in [0.3, 0.4) is 0 Å². The van der Waals surface area contributed by atoms with Gasteiger partial charge in [0.25, 0.3) is 5.91 Å². The predicted octanol–water partition coefficient (Wildman–Crippen LogP) is 9.18. The summed E-state index contributed by atoms with van der Waals surface area (Å²) >= 11 is 0. The number of hydrogen-bond donors (Lipinski definition) is 2. The predicted molar refractivity (Wildman–Crippen MR) is 199 cm³/mol. The van der Waals surface area contributed by atoms with Crippen molar-refractivity contribution in [1.29, 1.82) is 0 Å². The molecule has 2 aliphatic rings. The number of H-pyrrole nitrogens is 2. The van der Waals surface area contributed by atoms with E-state index in [9.17, 15) is 4.79 Å². The minimum Gasteiger partial charge on any atom is -0.494 e. The Bertz CT molecular complexity index is 2070. The van der Waals surface area contributed by atoms with Crippen LogP contribution in [0.2, 0.25) is 0 Å². The number of methoxy groups -OCH3 is 1. The van der Waals surface area contributed by atoms with Crippen molar-refractivity contribution in [2.45, 2.75) is 50.5 Å². The topological polar surface area (TPSA) is 91.9 Å².